The van der Waals surface area contributed by atoms with Crippen molar-refractivity contribution in [3.63, 3.8) is 0 Å². The molecule has 1 rings (SSSR count). The predicted octanol–water partition coefficient (Wildman–Crippen LogP) is 2.28. The second-order valence-corrected chi connectivity index (χ2v) is 3.59. The van der Waals surface area contributed by atoms with Gasteiger partial charge >= 0.3 is 0 Å². The first-order valence-electron chi connectivity index (χ1n) is 5.62. The third-order valence-corrected chi connectivity index (χ3v) is 2.19. The summed E-state index contributed by atoms with van der Waals surface area (Å²) in [5.74, 6) is 0.833. The predicted molar refractivity (Wildman–Crippen MR) is 61.9 cm³/mol. The van der Waals surface area contributed by atoms with Crippen LogP contribution in [0.15, 0.2) is 12.3 Å². The van der Waals surface area contributed by atoms with E-state index in [-0.39, 0.29) is 0 Å². The van der Waals surface area contributed by atoms with Gasteiger partial charge in [-0.15, -0.1) is 0 Å². The molecular weight excluding hydrogens is 188 g/mol. The molecule has 0 unspecified atom stereocenters. The average Bonchev–Trinajstić information content (AvgIpc) is 2.27. The molecule has 1 aromatic heterocycles. The Bertz CT molecular complexity index is 300. The van der Waals surface area contributed by atoms with Gasteiger partial charge in [-0.1, -0.05) is 20.3 Å². The van der Waals surface area contributed by atoms with Crippen molar-refractivity contribution in [1.29, 1.82) is 0 Å². The maximum atomic E-state index is 5.68. The maximum absolute atomic E-state index is 5.68. The number of ether oxygens (including phenoxy) is 1. The Kier molecular flexibility index (Phi) is 5.12. The highest BCUT2D eigenvalue weighted by Crippen LogP contribution is 2.18. The zero-order valence-corrected chi connectivity index (χ0v) is 9.62. The van der Waals surface area contributed by atoms with Gasteiger partial charge in [0.25, 0.3) is 0 Å². The minimum Gasteiger partial charge on any atom is -0.492 e. The first kappa shape index (κ1) is 12.0. The molecule has 0 saturated carbocycles. The van der Waals surface area contributed by atoms with E-state index < -0.39 is 0 Å². The lowest BCUT2D eigenvalue weighted by molar-refractivity contribution is 0.312. The number of nitrogens with two attached hydrogens (primary N) is 1. The summed E-state index contributed by atoms with van der Waals surface area (Å²) in [6.07, 6.45) is 4.90. The van der Waals surface area contributed by atoms with Gasteiger partial charge < -0.3 is 10.5 Å². The Balaban J connectivity index is 2.78. The number of rotatable bonds is 6. The van der Waals surface area contributed by atoms with Gasteiger partial charge in [0, 0.05) is 17.8 Å². The molecular formula is C12H20N2O. The fourth-order valence-electron chi connectivity index (χ4n) is 1.43. The summed E-state index contributed by atoms with van der Waals surface area (Å²) in [6, 6.07) is 2.05. The van der Waals surface area contributed by atoms with E-state index in [1.165, 1.54) is 0 Å². The second-order valence-electron chi connectivity index (χ2n) is 3.59. The second kappa shape index (κ2) is 6.40. The lowest BCUT2D eigenvalue weighted by Gasteiger charge is -2.10. The van der Waals surface area contributed by atoms with Crippen LogP contribution < -0.4 is 10.5 Å². The van der Waals surface area contributed by atoms with Crippen molar-refractivity contribution in [3.8, 4) is 5.75 Å². The molecule has 0 bridgehead atoms. The molecule has 1 aromatic rings. The first-order chi connectivity index (χ1) is 7.31. The minimum absolute atomic E-state index is 0.512. The molecule has 84 valence electrons. The molecule has 0 aliphatic carbocycles. The normalized spacial score (nSPS) is 10.3. The summed E-state index contributed by atoms with van der Waals surface area (Å²) < 4.78 is 5.57. The number of aryl methyl sites for hydroxylation is 1. The van der Waals surface area contributed by atoms with Crippen LogP contribution in [0.25, 0.3) is 0 Å². The van der Waals surface area contributed by atoms with Crippen LogP contribution in [0.1, 0.15) is 37.9 Å². The first-order valence-corrected chi connectivity index (χ1v) is 5.62. The molecule has 2 N–H and O–H groups in total. The van der Waals surface area contributed by atoms with Crippen LogP contribution in [-0.4, -0.2) is 11.6 Å². The van der Waals surface area contributed by atoms with E-state index in [1.807, 2.05) is 0 Å². The fourth-order valence-corrected chi connectivity index (χ4v) is 1.43. The van der Waals surface area contributed by atoms with E-state index in [0.29, 0.717) is 6.54 Å². The highest BCUT2D eigenvalue weighted by Gasteiger charge is 2.04. The van der Waals surface area contributed by atoms with Gasteiger partial charge in [0.15, 0.2) is 0 Å². The molecule has 0 spiro atoms. The van der Waals surface area contributed by atoms with E-state index in [4.69, 9.17) is 10.5 Å². The standard InChI is InChI=1S/C12H20N2O/c1-3-5-11-7-10(8-13)12(9-14-11)15-6-4-2/h7,9H,3-6,8,13H2,1-2H3. The molecule has 15 heavy (non-hydrogen) atoms. The van der Waals surface area contributed by atoms with Gasteiger partial charge in [-0.2, -0.15) is 0 Å². The quantitative estimate of drug-likeness (QED) is 0.780. The van der Waals surface area contributed by atoms with Crippen molar-refractivity contribution < 1.29 is 4.74 Å². The van der Waals surface area contributed by atoms with E-state index >= 15 is 0 Å². The summed E-state index contributed by atoms with van der Waals surface area (Å²) in [5.41, 5.74) is 7.84. The van der Waals surface area contributed by atoms with Gasteiger partial charge in [0.1, 0.15) is 5.75 Å². The highest BCUT2D eigenvalue weighted by atomic mass is 16.5. The number of aromatic nitrogens is 1. The van der Waals surface area contributed by atoms with Crippen molar-refractivity contribution in [3.05, 3.63) is 23.5 Å². The largest absolute Gasteiger partial charge is 0.492 e. The van der Waals surface area contributed by atoms with E-state index in [1.54, 1.807) is 6.20 Å². The number of hydrogen-bond acceptors (Lipinski definition) is 3. The summed E-state index contributed by atoms with van der Waals surface area (Å²) in [5, 5.41) is 0. The summed E-state index contributed by atoms with van der Waals surface area (Å²) >= 11 is 0. The van der Waals surface area contributed by atoms with Crippen LogP contribution in [0.4, 0.5) is 0 Å². The van der Waals surface area contributed by atoms with Gasteiger partial charge in [-0.25, -0.2) is 0 Å². The summed E-state index contributed by atoms with van der Waals surface area (Å²) in [7, 11) is 0. The number of pyridine rings is 1. The van der Waals surface area contributed by atoms with Crippen LogP contribution >= 0.6 is 0 Å². The van der Waals surface area contributed by atoms with Crippen molar-refractivity contribution in [2.75, 3.05) is 6.61 Å². The lowest BCUT2D eigenvalue weighted by atomic mass is 10.1. The van der Waals surface area contributed by atoms with E-state index in [9.17, 15) is 0 Å². The van der Waals surface area contributed by atoms with Crippen LogP contribution in [0.5, 0.6) is 5.75 Å². The van der Waals surface area contributed by atoms with Gasteiger partial charge in [-0.05, 0) is 18.9 Å². The average molecular weight is 208 g/mol. The topological polar surface area (TPSA) is 48.1 Å². The SMILES string of the molecule is CCCOc1cnc(CCC)cc1CN. The molecule has 0 aliphatic heterocycles. The minimum atomic E-state index is 0.512. The zero-order chi connectivity index (χ0) is 11.1. The van der Waals surface area contributed by atoms with Crippen LogP contribution in [0, 0.1) is 0 Å². The number of hydrogen-bond donors (Lipinski definition) is 1. The van der Waals surface area contributed by atoms with E-state index in [0.717, 1.165) is 42.9 Å². The van der Waals surface area contributed by atoms with E-state index in [2.05, 4.69) is 24.9 Å². The summed E-state index contributed by atoms with van der Waals surface area (Å²) in [4.78, 5) is 4.35. The van der Waals surface area contributed by atoms with Crippen molar-refractivity contribution >= 4 is 0 Å². The molecule has 1 heterocycles. The molecule has 0 amide bonds. The molecule has 3 heteroatoms. The molecule has 0 atom stereocenters. The van der Waals surface area contributed by atoms with Crippen molar-refractivity contribution in [2.45, 2.75) is 39.7 Å². The maximum Gasteiger partial charge on any atom is 0.142 e. The smallest absolute Gasteiger partial charge is 0.142 e. The van der Waals surface area contributed by atoms with Crippen molar-refractivity contribution in [2.24, 2.45) is 5.73 Å². The Morgan fingerprint density at radius 1 is 1.33 bits per heavy atom. The Morgan fingerprint density at radius 2 is 2.13 bits per heavy atom. The van der Waals surface area contributed by atoms with Crippen LogP contribution in [0.2, 0.25) is 0 Å². The Morgan fingerprint density at radius 3 is 2.73 bits per heavy atom. The summed E-state index contributed by atoms with van der Waals surface area (Å²) in [6.45, 7) is 5.46. The fraction of sp³-hybridized carbons (Fsp3) is 0.583. The molecule has 0 fully saturated rings. The highest BCUT2D eigenvalue weighted by molar-refractivity contribution is 5.32. The van der Waals surface area contributed by atoms with Gasteiger partial charge in [-0.3, -0.25) is 4.98 Å². The molecule has 0 aliphatic rings. The Labute approximate surface area is 91.7 Å². The molecule has 0 radical (unpaired) electrons. The van der Waals surface area contributed by atoms with Crippen LogP contribution in [0.3, 0.4) is 0 Å². The zero-order valence-electron chi connectivity index (χ0n) is 9.62. The van der Waals surface area contributed by atoms with Crippen molar-refractivity contribution in [1.82, 2.24) is 4.98 Å². The third-order valence-electron chi connectivity index (χ3n) is 2.19. The van der Waals surface area contributed by atoms with Gasteiger partial charge in [0.2, 0.25) is 0 Å². The molecule has 3 nitrogen and oxygen atoms in total. The third kappa shape index (κ3) is 3.51. The van der Waals surface area contributed by atoms with Gasteiger partial charge in [0.05, 0.1) is 12.8 Å². The molecule has 0 saturated heterocycles. The lowest BCUT2D eigenvalue weighted by Crippen LogP contribution is -2.05. The van der Waals surface area contributed by atoms with Crippen LogP contribution in [-0.2, 0) is 13.0 Å². The monoisotopic (exact) mass is 208 g/mol. The molecule has 0 aromatic carbocycles. The number of nitrogens with zero attached hydrogens (tertiary/aromatic N) is 1. The Hall–Kier alpha value is -1.09.